The van der Waals surface area contributed by atoms with E-state index >= 15 is 0 Å². The van der Waals surface area contributed by atoms with Crippen molar-refractivity contribution >= 4 is 33.7 Å². The smallest absolute Gasteiger partial charge is 0.326 e. The third-order valence-corrected chi connectivity index (χ3v) is 8.23. The molecular weight excluding hydrogens is 488 g/mol. The molecule has 2 fully saturated rings. The number of nitrogens with one attached hydrogen (secondary N) is 1. The van der Waals surface area contributed by atoms with Crippen LogP contribution < -0.4 is 4.72 Å². The molecule has 1 aromatic rings. The zero-order valence-corrected chi connectivity index (χ0v) is 21.4. The van der Waals surface area contributed by atoms with E-state index in [0.29, 0.717) is 37.9 Å². The Hall–Kier alpha value is -2.99. The average Bonchev–Trinajstić information content (AvgIpc) is 3.33. The molecule has 0 spiro atoms. The molecule has 0 aromatic heterocycles. The lowest BCUT2D eigenvalue weighted by atomic mass is 10.0. The van der Waals surface area contributed by atoms with Gasteiger partial charge in [0.15, 0.2) is 0 Å². The number of aliphatic carboxylic acids is 1. The SMILES string of the molecule is CC(=O)N1CCC(N(C)C(=O)C[C@@H](NS(=O)(=O)Cc2ccccc2)C(=O)N2CCC[C@H]2C(=O)O)CC1. The van der Waals surface area contributed by atoms with Gasteiger partial charge in [-0.3, -0.25) is 14.4 Å². The number of rotatable bonds is 9. The number of carboxylic acid groups (broad SMARTS) is 1. The van der Waals surface area contributed by atoms with Gasteiger partial charge in [-0.25, -0.2) is 17.9 Å². The fourth-order valence-corrected chi connectivity index (χ4v) is 6.14. The number of hydrogen-bond donors (Lipinski definition) is 2. The van der Waals surface area contributed by atoms with Crippen molar-refractivity contribution in [3.8, 4) is 0 Å². The molecule has 3 amide bonds. The van der Waals surface area contributed by atoms with E-state index in [9.17, 15) is 32.7 Å². The normalized spacial score (nSPS) is 19.7. The molecule has 0 saturated carbocycles. The number of piperidine rings is 1. The van der Waals surface area contributed by atoms with E-state index in [4.69, 9.17) is 0 Å². The molecule has 11 nitrogen and oxygen atoms in total. The van der Waals surface area contributed by atoms with Crippen LogP contribution in [0.15, 0.2) is 30.3 Å². The first-order valence-corrected chi connectivity index (χ1v) is 13.7. The quantitative estimate of drug-likeness (QED) is 0.478. The fourth-order valence-electron chi connectivity index (χ4n) is 4.81. The second kappa shape index (κ2) is 11.8. The number of carbonyl (C=O) groups is 4. The molecule has 2 N–H and O–H groups in total. The maximum Gasteiger partial charge on any atom is 0.326 e. The van der Waals surface area contributed by atoms with Crippen LogP contribution in [0.3, 0.4) is 0 Å². The van der Waals surface area contributed by atoms with Crippen molar-refractivity contribution in [1.29, 1.82) is 0 Å². The van der Waals surface area contributed by atoms with Gasteiger partial charge in [0.2, 0.25) is 27.7 Å². The van der Waals surface area contributed by atoms with Crippen LogP contribution in [-0.2, 0) is 35.0 Å². The first-order valence-electron chi connectivity index (χ1n) is 12.1. The van der Waals surface area contributed by atoms with Gasteiger partial charge in [-0.1, -0.05) is 30.3 Å². The summed E-state index contributed by atoms with van der Waals surface area (Å²) >= 11 is 0. The van der Waals surface area contributed by atoms with Gasteiger partial charge in [-0.15, -0.1) is 0 Å². The van der Waals surface area contributed by atoms with E-state index in [1.54, 1.807) is 42.3 Å². The van der Waals surface area contributed by atoms with E-state index in [-0.39, 0.29) is 30.7 Å². The summed E-state index contributed by atoms with van der Waals surface area (Å²) in [6, 6.07) is 5.81. The van der Waals surface area contributed by atoms with Crippen LogP contribution >= 0.6 is 0 Å². The average molecular weight is 523 g/mol. The zero-order valence-electron chi connectivity index (χ0n) is 20.6. The van der Waals surface area contributed by atoms with Crippen LogP contribution in [0.4, 0.5) is 0 Å². The van der Waals surface area contributed by atoms with Gasteiger partial charge in [0.05, 0.1) is 12.2 Å². The molecule has 2 aliphatic rings. The molecule has 0 unspecified atom stereocenters. The molecule has 2 aliphatic heterocycles. The van der Waals surface area contributed by atoms with E-state index in [1.165, 1.54) is 11.8 Å². The van der Waals surface area contributed by atoms with Crippen molar-refractivity contribution in [3.63, 3.8) is 0 Å². The standard InChI is InChI=1S/C24H34N4O7S/c1-17(29)27-13-10-19(11-14-27)26(2)22(30)15-20(23(31)28-12-6-9-21(28)24(32)33)25-36(34,35)16-18-7-4-3-5-8-18/h3-5,7-8,19-21,25H,6,9-16H2,1-2H3,(H,32,33)/t20-,21+/m1/s1. The number of likely N-dealkylation sites (tertiary alicyclic amines) is 2. The maximum atomic E-state index is 13.4. The third kappa shape index (κ3) is 7.03. The molecule has 2 heterocycles. The Labute approximate surface area is 211 Å². The summed E-state index contributed by atoms with van der Waals surface area (Å²) in [5, 5.41) is 9.51. The fraction of sp³-hybridized carbons (Fsp3) is 0.583. The minimum Gasteiger partial charge on any atom is -0.480 e. The largest absolute Gasteiger partial charge is 0.480 e. The summed E-state index contributed by atoms with van der Waals surface area (Å²) in [7, 11) is -2.42. The number of carbonyl (C=O) groups excluding carboxylic acids is 3. The van der Waals surface area contributed by atoms with Crippen LogP contribution in [0.5, 0.6) is 0 Å². The minimum absolute atomic E-state index is 0.0282. The number of hydrogen-bond acceptors (Lipinski definition) is 6. The second-order valence-corrected chi connectivity index (χ2v) is 11.1. The van der Waals surface area contributed by atoms with Gasteiger partial charge < -0.3 is 19.8 Å². The van der Waals surface area contributed by atoms with Gasteiger partial charge in [0.25, 0.3) is 0 Å². The topological polar surface area (TPSA) is 144 Å². The Balaban J connectivity index is 1.75. The highest BCUT2D eigenvalue weighted by molar-refractivity contribution is 7.88. The van der Waals surface area contributed by atoms with Crippen LogP contribution in [0, 0.1) is 0 Å². The summed E-state index contributed by atoms with van der Waals surface area (Å²) in [5.74, 6) is -2.72. The highest BCUT2D eigenvalue weighted by Gasteiger charge is 2.40. The zero-order chi connectivity index (χ0) is 26.5. The van der Waals surface area contributed by atoms with Crippen LogP contribution in [0.25, 0.3) is 0 Å². The van der Waals surface area contributed by atoms with Crippen molar-refractivity contribution in [3.05, 3.63) is 35.9 Å². The summed E-state index contributed by atoms with van der Waals surface area (Å²) in [6.07, 6.45) is 1.47. The summed E-state index contributed by atoms with van der Waals surface area (Å²) < 4.78 is 28.3. The molecule has 36 heavy (non-hydrogen) atoms. The predicted molar refractivity (Wildman–Crippen MR) is 131 cm³/mol. The number of carboxylic acids is 1. The summed E-state index contributed by atoms with van der Waals surface area (Å²) in [6.45, 7) is 2.70. The van der Waals surface area contributed by atoms with Gasteiger partial charge in [-0.05, 0) is 31.2 Å². The van der Waals surface area contributed by atoms with Crippen LogP contribution in [-0.4, -0.2) is 96.7 Å². The second-order valence-electron chi connectivity index (χ2n) is 9.39. The lowest BCUT2D eigenvalue weighted by Gasteiger charge is -2.37. The molecule has 2 atom stereocenters. The molecule has 2 saturated heterocycles. The van der Waals surface area contributed by atoms with Crippen molar-refractivity contribution in [1.82, 2.24) is 19.4 Å². The molecule has 0 aliphatic carbocycles. The number of benzene rings is 1. The summed E-state index contributed by atoms with van der Waals surface area (Å²) in [5.41, 5.74) is 0.515. The molecule has 0 bridgehead atoms. The third-order valence-electron chi connectivity index (χ3n) is 6.87. The molecule has 198 valence electrons. The van der Waals surface area contributed by atoms with Crippen molar-refractivity contribution < 1.29 is 32.7 Å². The van der Waals surface area contributed by atoms with E-state index in [1.807, 2.05) is 0 Å². The van der Waals surface area contributed by atoms with Crippen LogP contribution in [0.2, 0.25) is 0 Å². The van der Waals surface area contributed by atoms with Gasteiger partial charge in [0, 0.05) is 39.6 Å². The van der Waals surface area contributed by atoms with Gasteiger partial charge >= 0.3 is 5.97 Å². The van der Waals surface area contributed by atoms with Crippen LogP contribution in [0.1, 0.15) is 44.6 Å². The molecule has 12 heteroatoms. The molecule has 1 aromatic carbocycles. The predicted octanol–water partition coefficient (Wildman–Crippen LogP) is 0.410. The number of amides is 3. The first-order chi connectivity index (χ1) is 17.0. The monoisotopic (exact) mass is 522 g/mol. The highest BCUT2D eigenvalue weighted by atomic mass is 32.2. The van der Waals surface area contributed by atoms with E-state index in [0.717, 1.165) is 4.90 Å². The van der Waals surface area contributed by atoms with Crippen molar-refractivity contribution in [2.45, 2.75) is 62.9 Å². The Morgan fingerprint density at radius 2 is 1.72 bits per heavy atom. The Kier molecular flexibility index (Phi) is 9.07. The summed E-state index contributed by atoms with van der Waals surface area (Å²) in [4.78, 5) is 54.1. The Morgan fingerprint density at radius 3 is 2.31 bits per heavy atom. The lowest BCUT2D eigenvalue weighted by Crippen LogP contribution is -2.54. The maximum absolute atomic E-state index is 13.4. The van der Waals surface area contributed by atoms with E-state index < -0.39 is 46.3 Å². The van der Waals surface area contributed by atoms with Crippen molar-refractivity contribution in [2.75, 3.05) is 26.7 Å². The van der Waals surface area contributed by atoms with Gasteiger partial charge in [0.1, 0.15) is 12.1 Å². The molecule has 3 rings (SSSR count). The molecular formula is C24H34N4O7S. The highest BCUT2D eigenvalue weighted by Crippen LogP contribution is 2.21. The Morgan fingerprint density at radius 1 is 1.08 bits per heavy atom. The van der Waals surface area contributed by atoms with Gasteiger partial charge in [-0.2, -0.15) is 0 Å². The minimum atomic E-state index is -4.02. The first kappa shape index (κ1) is 27.6. The Bertz CT molecular complexity index is 1070. The number of sulfonamides is 1. The lowest BCUT2D eigenvalue weighted by molar-refractivity contribution is -0.149. The number of nitrogens with zero attached hydrogens (tertiary/aromatic N) is 3. The van der Waals surface area contributed by atoms with E-state index in [2.05, 4.69) is 4.72 Å². The molecule has 0 radical (unpaired) electrons. The van der Waals surface area contributed by atoms with Crippen molar-refractivity contribution in [2.24, 2.45) is 0 Å².